The van der Waals surface area contributed by atoms with Gasteiger partial charge in [0.25, 0.3) is 0 Å². The average molecular weight is 321 g/mol. The van der Waals surface area contributed by atoms with Crippen LogP contribution in [0.1, 0.15) is 30.9 Å². The minimum Gasteiger partial charge on any atom is -0.395 e. The molecular formula is C16H27N5O2. The summed E-state index contributed by atoms with van der Waals surface area (Å²) in [6, 6.07) is 2.04. The maximum absolute atomic E-state index is 8.98. The maximum Gasteiger partial charge on any atom is 0.224 e. The summed E-state index contributed by atoms with van der Waals surface area (Å²) in [5.41, 5.74) is 1.02. The molecule has 7 nitrogen and oxygen atoms in total. The number of aromatic nitrogens is 2. The summed E-state index contributed by atoms with van der Waals surface area (Å²) >= 11 is 0. The van der Waals surface area contributed by atoms with Gasteiger partial charge >= 0.3 is 0 Å². The van der Waals surface area contributed by atoms with Crippen molar-refractivity contribution >= 4 is 11.8 Å². The van der Waals surface area contributed by atoms with Crippen molar-refractivity contribution in [1.82, 2.24) is 14.9 Å². The Bertz CT molecular complexity index is 487. The van der Waals surface area contributed by atoms with E-state index in [1.807, 2.05) is 6.07 Å². The molecule has 2 aliphatic rings. The van der Waals surface area contributed by atoms with E-state index in [0.29, 0.717) is 18.4 Å². The van der Waals surface area contributed by atoms with Gasteiger partial charge in [-0.1, -0.05) is 0 Å². The quantitative estimate of drug-likeness (QED) is 0.656. The van der Waals surface area contributed by atoms with Gasteiger partial charge in [-0.15, -0.1) is 0 Å². The lowest BCUT2D eigenvalue weighted by atomic mass is 10.0. The topological polar surface area (TPSA) is 82.5 Å². The van der Waals surface area contributed by atoms with Gasteiger partial charge in [0.1, 0.15) is 5.82 Å². The van der Waals surface area contributed by atoms with Crippen LogP contribution in [0.3, 0.4) is 0 Å². The molecule has 128 valence electrons. The van der Waals surface area contributed by atoms with Crippen molar-refractivity contribution in [3.8, 4) is 0 Å². The van der Waals surface area contributed by atoms with Crippen LogP contribution in [0.4, 0.5) is 11.8 Å². The molecule has 2 aliphatic heterocycles. The van der Waals surface area contributed by atoms with Crippen LogP contribution in [0, 0.1) is 0 Å². The second kappa shape index (κ2) is 8.42. The van der Waals surface area contributed by atoms with E-state index in [4.69, 9.17) is 9.84 Å². The van der Waals surface area contributed by atoms with Crippen LogP contribution in [-0.4, -0.2) is 72.5 Å². The third-order valence-corrected chi connectivity index (χ3v) is 4.42. The first-order valence-electron chi connectivity index (χ1n) is 8.63. The molecule has 23 heavy (non-hydrogen) atoms. The highest BCUT2D eigenvalue weighted by Crippen LogP contribution is 2.26. The number of nitrogens with zero attached hydrogens (tertiary/aromatic N) is 3. The van der Waals surface area contributed by atoms with E-state index in [-0.39, 0.29) is 6.61 Å². The molecule has 2 saturated heterocycles. The molecule has 3 N–H and O–H groups in total. The van der Waals surface area contributed by atoms with E-state index in [2.05, 4.69) is 25.5 Å². The molecule has 0 radical (unpaired) electrons. The molecule has 0 unspecified atom stereocenters. The molecule has 1 atom stereocenters. The summed E-state index contributed by atoms with van der Waals surface area (Å²) in [6.45, 7) is 6.40. The minimum atomic E-state index is 0.0673. The Kier molecular flexibility index (Phi) is 6.01. The van der Waals surface area contributed by atoms with Crippen molar-refractivity contribution in [1.29, 1.82) is 0 Å². The minimum absolute atomic E-state index is 0.0673. The second-order valence-corrected chi connectivity index (χ2v) is 6.19. The van der Waals surface area contributed by atoms with Crippen molar-refractivity contribution in [3.05, 3.63) is 11.8 Å². The van der Waals surface area contributed by atoms with Crippen molar-refractivity contribution < 1.29 is 9.84 Å². The Labute approximate surface area is 137 Å². The highest BCUT2D eigenvalue weighted by molar-refractivity contribution is 5.43. The number of anilines is 2. The molecule has 1 aromatic heterocycles. The fraction of sp³-hybridized carbons (Fsp3) is 0.750. The van der Waals surface area contributed by atoms with Gasteiger partial charge in [-0.25, -0.2) is 4.98 Å². The van der Waals surface area contributed by atoms with Crippen molar-refractivity contribution in [2.45, 2.75) is 25.2 Å². The molecule has 3 heterocycles. The SMILES string of the molecule is OCCNc1nc(NCCN2CCCC2)cc([C@@H]2CCOC2)n1. The number of likely N-dealkylation sites (tertiary alicyclic amines) is 1. The first-order valence-corrected chi connectivity index (χ1v) is 8.63. The van der Waals surface area contributed by atoms with Gasteiger partial charge in [-0.2, -0.15) is 4.98 Å². The van der Waals surface area contributed by atoms with Crippen molar-refractivity contribution in [2.75, 3.05) is 63.2 Å². The number of aliphatic hydroxyl groups excluding tert-OH is 1. The molecule has 0 aromatic carbocycles. The van der Waals surface area contributed by atoms with Gasteiger partial charge in [0.05, 0.1) is 18.9 Å². The fourth-order valence-corrected chi connectivity index (χ4v) is 3.13. The van der Waals surface area contributed by atoms with Gasteiger partial charge in [0.2, 0.25) is 5.95 Å². The molecule has 2 fully saturated rings. The van der Waals surface area contributed by atoms with Gasteiger partial charge in [0, 0.05) is 38.2 Å². The predicted octanol–water partition coefficient (Wildman–Crippen LogP) is 0.892. The number of hydrogen-bond donors (Lipinski definition) is 3. The standard InChI is InChI=1S/C16H27N5O2/c22-9-5-18-16-19-14(13-3-10-23-12-13)11-15(20-16)17-4-8-21-6-1-2-7-21/h11,13,22H,1-10,12H2,(H2,17,18,19,20)/t13-/m1/s1. The Hall–Kier alpha value is -1.44. The summed E-state index contributed by atoms with van der Waals surface area (Å²) in [6.07, 6.45) is 3.63. The largest absolute Gasteiger partial charge is 0.395 e. The molecule has 0 saturated carbocycles. The number of nitrogens with one attached hydrogen (secondary N) is 2. The summed E-state index contributed by atoms with van der Waals surface area (Å²) in [4.78, 5) is 11.6. The monoisotopic (exact) mass is 321 g/mol. The lowest BCUT2D eigenvalue weighted by molar-refractivity contribution is 0.193. The number of hydrogen-bond acceptors (Lipinski definition) is 7. The third-order valence-electron chi connectivity index (χ3n) is 4.42. The summed E-state index contributed by atoms with van der Waals surface area (Å²) < 4.78 is 5.47. The Balaban J connectivity index is 1.62. The van der Waals surface area contributed by atoms with Crippen LogP contribution >= 0.6 is 0 Å². The fourth-order valence-electron chi connectivity index (χ4n) is 3.13. The maximum atomic E-state index is 8.98. The third kappa shape index (κ3) is 4.76. The van der Waals surface area contributed by atoms with Crippen LogP contribution in [0.15, 0.2) is 6.07 Å². The number of ether oxygens (including phenoxy) is 1. The zero-order chi connectivity index (χ0) is 15.9. The molecule has 3 rings (SSSR count). The van der Waals surface area contributed by atoms with E-state index in [1.54, 1.807) is 0 Å². The van der Waals surface area contributed by atoms with Gasteiger partial charge in [-0.3, -0.25) is 0 Å². The summed E-state index contributed by atoms with van der Waals surface area (Å²) in [5.74, 6) is 1.76. The van der Waals surface area contributed by atoms with Crippen LogP contribution < -0.4 is 10.6 Å². The average Bonchev–Trinajstić information content (AvgIpc) is 3.26. The molecule has 0 bridgehead atoms. The van der Waals surface area contributed by atoms with Crippen molar-refractivity contribution in [2.24, 2.45) is 0 Å². The first kappa shape index (κ1) is 16.4. The van der Waals surface area contributed by atoms with E-state index in [0.717, 1.165) is 44.2 Å². The molecule has 0 aliphatic carbocycles. The first-order chi connectivity index (χ1) is 11.3. The van der Waals surface area contributed by atoms with Crippen LogP contribution in [0.5, 0.6) is 0 Å². The Morgan fingerprint density at radius 3 is 2.83 bits per heavy atom. The molecule has 7 heteroatoms. The van der Waals surface area contributed by atoms with Crippen molar-refractivity contribution in [3.63, 3.8) is 0 Å². The highest BCUT2D eigenvalue weighted by atomic mass is 16.5. The van der Waals surface area contributed by atoms with E-state index >= 15 is 0 Å². The number of aliphatic hydroxyl groups is 1. The van der Waals surface area contributed by atoms with Gasteiger partial charge in [-0.05, 0) is 32.4 Å². The smallest absolute Gasteiger partial charge is 0.224 e. The second-order valence-electron chi connectivity index (χ2n) is 6.19. The Morgan fingerprint density at radius 2 is 2.09 bits per heavy atom. The zero-order valence-corrected chi connectivity index (χ0v) is 13.6. The van der Waals surface area contributed by atoms with Crippen LogP contribution in [0.25, 0.3) is 0 Å². The highest BCUT2D eigenvalue weighted by Gasteiger charge is 2.21. The molecule has 0 amide bonds. The predicted molar refractivity (Wildman–Crippen MR) is 89.9 cm³/mol. The van der Waals surface area contributed by atoms with Gasteiger partial charge in [0.15, 0.2) is 0 Å². The van der Waals surface area contributed by atoms with E-state index in [1.165, 1.54) is 25.9 Å². The lowest BCUT2D eigenvalue weighted by Gasteiger charge is -2.16. The summed E-state index contributed by atoms with van der Waals surface area (Å²) in [5, 5.41) is 15.5. The van der Waals surface area contributed by atoms with Crippen LogP contribution in [0.2, 0.25) is 0 Å². The van der Waals surface area contributed by atoms with Gasteiger partial charge < -0.3 is 25.4 Å². The molecular weight excluding hydrogens is 294 g/mol. The zero-order valence-electron chi connectivity index (χ0n) is 13.6. The Morgan fingerprint density at radius 1 is 1.22 bits per heavy atom. The summed E-state index contributed by atoms with van der Waals surface area (Å²) in [7, 11) is 0. The molecule has 0 spiro atoms. The number of rotatable bonds is 8. The van der Waals surface area contributed by atoms with Crippen LogP contribution in [-0.2, 0) is 4.74 Å². The molecule has 1 aromatic rings. The van der Waals surface area contributed by atoms with E-state index < -0.39 is 0 Å². The normalized spacial score (nSPS) is 21.7. The van der Waals surface area contributed by atoms with E-state index in [9.17, 15) is 0 Å². The lowest BCUT2D eigenvalue weighted by Crippen LogP contribution is -2.26.